The van der Waals surface area contributed by atoms with Crippen molar-refractivity contribution in [3.05, 3.63) is 34.3 Å². The average Bonchev–Trinajstić information content (AvgIpc) is 2.66. The van der Waals surface area contributed by atoms with Crippen LogP contribution in [0, 0.1) is 0 Å². The fourth-order valence-electron chi connectivity index (χ4n) is 2.15. The van der Waals surface area contributed by atoms with Crippen LogP contribution in [0.25, 0.3) is 11.1 Å². The molecule has 0 bridgehead atoms. The maximum absolute atomic E-state index is 11.9. The van der Waals surface area contributed by atoms with Gasteiger partial charge in [0.2, 0.25) is 0 Å². The maximum Gasteiger partial charge on any atom is 0.417 e. The predicted molar refractivity (Wildman–Crippen MR) is 61.3 cm³/mol. The second kappa shape index (κ2) is 3.71. The minimum Gasteiger partial charge on any atom is -0.468 e. The lowest BCUT2D eigenvalue weighted by molar-refractivity contribution is -0.166. The predicted octanol–water partition coefficient (Wildman–Crippen LogP) is 0.562. The number of fused-ring (bicyclic) bond motifs is 1. The van der Waals surface area contributed by atoms with Gasteiger partial charge in [0.05, 0.1) is 25.8 Å². The van der Waals surface area contributed by atoms with Crippen molar-refractivity contribution in [3.63, 3.8) is 0 Å². The first-order valence-electron chi connectivity index (χ1n) is 5.45. The standard InChI is InChI=1S/C12H11NO5/c1-16-10(14)12(5-17-6-12)7-2-3-8-9(4-7)18-11(15)13-8/h2-4H,5-6H2,1H3,(H,13,15). The number of carbonyl (C=O) groups is 1. The summed E-state index contributed by atoms with van der Waals surface area (Å²) in [6.45, 7) is 0.555. The Morgan fingerprint density at radius 3 is 2.83 bits per heavy atom. The summed E-state index contributed by atoms with van der Waals surface area (Å²) in [5.41, 5.74) is 0.978. The van der Waals surface area contributed by atoms with Gasteiger partial charge in [-0.25, -0.2) is 4.79 Å². The normalized spacial score (nSPS) is 17.4. The highest BCUT2D eigenvalue weighted by Gasteiger charge is 2.48. The summed E-state index contributed by atoms with van der Waals surface area (Å²) in [6.07, 6.45) is 0. The molecule has 0 atom stereocenters. The Hall–Kier alpha value is -2.08. The van der Waals surface area contributed by atoms with E-state index in [0.29, 0.717) is 11.1 Å². The van der Waals surface area contributed by atoms with Gasteiger partial charge in [-0.1, -0.05) is 6.07 Å². The lowest BCUT2D eigenvalue weighted by Crippen LogP contribution is -2.53. The minimum atomic E-state index is -0.779. The smallest absolute Gasteiger partial charge is 0.417 e. The zero-order valence-electron chi connectivity index (χ0n) is 9.69. The molecular weight excluding hydrogens is 238 g/mol. The Labute approximate surface area is 101 Å². The van der Waals surface area contributed by atoms with E-state index in [1.807, 2.05) is 0 Å². The lowest BCUT2D eigenvalue weighted by atomic mass is 9.78. The van der Waals surface area contributed by atoms with Crippen molar-refractivity contribution < 1.29 is 18.7 Å². The van der Waals surface area contributed by atoms with Crippen LogP contribution in [0.2, 0.25) is 0 Å². The van der Waals surface area contributed by atoms with Crippen LogP contribution in [0.1, 0.15) is 5.56 Å². The van der Waals surface area contributed by atoms with Crippen LogP contribution in [0.3, 0.4) is 0 Å². The van der Waals surface area contributed by atoms with E-state index in [9.17, 15) is 9.59 Å². The van der Waals surface area contributed by atoms with Gasteiger partial charge in [0.1, 0.15) is 5.41 Å². The molecule has 0 radical (unpaired) electrons. The van der Waals surface area contributed by atoms with E-state index in [4.69, 9.17) is 13.9 Å². The van der Waals surface area contributed by atoms with E-state index in [1.54, 1.807) is 18.2 Å². The van der Waals surface area contributed by atoms with Crippen molar-refractivity contribution >= 4 is 17.1 Å². The number of methoxy groups -OCH3 is 1. The van der Waals surface area contributed by atoms with Crippen LogP contribution in [-0.4, -0.2) is 31.3 Å². The van der Waals surface area contributed by atoms with Crippen molar-refractivity contribution in [3.8, 4) is 0 Å². The molecule has 94 valence electrons. The first-order chi connectivity index (χ1) is 8.65. The Morgan fingerprint density at radius 2 is 2.22 bits per heavy atom. The number of aromatic amines is 1. The number of nitrogens with one attached hydrogen (secondary N) is 1. The van der Waals surface area contributed by atoms with Gasteiger partial charge < -0.3 is 13.9 Å². The number of hydrogen-bond donors (Lipinski definition) is 1. The third-order valence-corrected chi connectivity index (χ3v) is 3.25. The van der Waals surface area contributed by atoms with Gasteiger partial charge in [0, 0.05) is 0 Å². The topological polar surface area (TPSA) is 81.5 Å². The number of H-pyrrole nitrogens is 1. The van der Waals surface area contributed by atoms with Crippen LogP contribution in [0.15, 0.2) is 27.4 Å². The maximum atomic E-state index is 11.9. The molecule has 1 aliphatic heterocycles. The summed E-state index contributed by atoms with van der Waals surface area (Å²) < 4.78 is 14.9. The third kappa shape index (κ3) is 1.39. The van der Waals surface area contributed by atoms with Gasteiger partial charge in [-0.15, -0.1) is 0 Å². The highest BCUT2D eigenvalue weighted by Crippen LogP contribution is 2.34. The molecule has 1 fully saturated rings. The number of ether oxygens (including phenoxy) is 2. The second-order valence-corrected chi connectivity index (χ2v) is 4.29. The van der Waals surface area contributed by atoms with Crippen LogP contribution in [-0.2, 0) is 19.7 Å². The van der Waals surface area contributed by atoms with Crippen LogP contribution >= 0.6 is 0 Å². The number of rotatable bonds is 2. The van der Waals surface area contributed by atoms with Gasteiger partial charge in [-0.2, -0.15) is 0 Å². The molecule has 18 heavy (non-hydrogen) atoms. The minimum absolute atomic E-state index is 0.278. The average molecular weight is 249 g/mol. The summed E-state index contributed by atoms with van der Waals surface area (Å²) >= 11 is 0. The fourth-order valence-corrected chi connectivity index (χ4v) is 2.15. The third-order valence-electron chi connectivity index (χ3n) is 3.25. The summed E-state index contributed by atoms with van der Waals surface area (Å²) in [6, 6.07) is 5.15. The molecule has 3 rings (SSSR count). The molecule has 1 saturated heterocycles. The largest absolute Gasteiger partial charge is 0.468 e. The first kappa shape index (κ1) is 11.0. The Bertz CT molecular complexity index is 664. The molecule has 2 aromatic rings. The van der Waals surface area contributed by atoms with Crippen molar-refractivity contribution in [1.82, 2.24) is 4.98 Å². The molecule has 1 aliphatic rings. The highest BCUT2D eigenvalue weighted by atomic mass is 16.5. The van der Waals surface area contributed by atoms with Crippen LogP contribution in [0.5, 0.6) is 0 Å². The Kier molecular flexibility index (Phi) is 2.27. The summed E-state index contributed by atoms with van der Waals surface area (Å²) in [5, 5.41) is 0. The lowest BCUT2D eigenvalue weighted by Gasteiger charge is -2.38. The quantitative estimate of drug-likeness (QED) is 0.786. The number of carbonyl (C=O) groups excluding carboxylic acids is 1. The first-order valence-corrected chi connectivity index (χ1v) is 5.45. The molecule has 1 N–H and O–H groups in total. The molecule has 0 aliphatic carbocycles. The molecule has 1 aromatic heterocycles. The molecule has 2 heterocycles. The second-order valence-electron chi connectivity index (χ2n) is 4.29. The van der Waals surface area contributed by atoms with E-state index in [0.717, 1.165) is 5.56 Å². The zero-order valence-corrected chi connectivity index (χ0v) is 9.69. The van der Waals surface area contributed by atoms with Gasteiger partial charge >= 0.3 is 11.7 Å². The van der Waals surface area contributed by atoms with E-state index in [2.05, 4.69) is 4.98 Å². The number of benzene rings is 1. The van der Waals surface area contributed by atoms with E-state index in [-0.39, 0.29) is 19.2 Å². The summed E-state index contributed by atoms with van der Waals surface area (Å²) in [5.74, 6) is -0.856. The molecule has 0 spiro atoms. The molecule has 6 heteroatoms. The Morgan fingerprint density at radius 1 is 1.44 bits per heavy atom. The highest BCUT2D eigenvalue weighted by molar-refractivity contribution is 5.86. The summed E-state index contributed by atoms with van der Waals surface area (Å²) in [4.78, 5) is 25.5. The van der Waals surface area contributed by atoms with E-state index >= 15 is 0 Å². The monoisotopic (exact) mass is 249 g/mol. The molecule has 0 unspecified atom stereocenters. The van der Waals surface area contributed by atoms with Gasteiger partial charge in [0.25, 0.3) is 0 Å². The van der Waals surface area contributed by atoms with Crippen molar-refractivity contribution in [2.45, 2.75) is 5.41 Å². The number of esters is 1. The number of hydrogen-bond acceptors (Lipinski definition) is 5. The molecule has 0 amide bonds. The van der Waals surface area contributed by atoms with Crippen molar-refractivity contribution in [1.29, 1.82) is 0 Å². The van der Waals surface area contributed by atoms with Gasteiger partial charge in [-0.05, 0) is 17.7 Å². The van der Waals surface area contributed by atoms with Crippen molar-refractivity contribution in [2.24, 2.45) is 0 Å². The van der Waals surface area contributed by atoms with Gasteiger partial charge in [0.15, 0.2) is 5.58 Å². The van der Waals surface area contributed by atoms with Gasteiger partial charge in [-0.3, -0.25) is 9.78 Å². The fraction of sp³-hybridized carbons (Fsp3) is 0.333. The molecule has 6 nitrogen and oxygen atoms in total. The SMILES string of the molecule is COC(=O)C1(c2ccc3[nH]c(=O)oc3c2)COC1. The van der Waals surface area contributed by atoms with E-state index < -0.39 is 11.2 Å². The van der Waals surface area contributed by atoms with Crippen molar-refractivity contribution in [2.75, 3.05) is 20.3 Å². The summed E-state index contributed by atoms with van der Waals surface area (Å²) in [7, 11) is 1.34. The zero-order chi connectivity index (χ0) is 12.8. The Balaban J connectivity index is 2.12. The molecular formula is C12H11NO5. The van der Waals surface area contributed by atoms with Crippen LogP contribution in [0.4, 0.5) is 0 Å². The van der Waals surface area contributed by atoms with Crippen LogP contribution < -0.4 is 5.76 Å². The number of aromatic nitrogens is 1. The van der Waals surface area contributed by atoms with E-state index in [1.165, 1.54) is 7.11 Å². The molecule has 1 aromatic carbocycles. The number of oxazole rings is 1. The molecule has 0 saturated carbocycles.